The van der Waals surface area contributed by atoms with Crippen molar-refractivity contribution >= 4 is 5.96 Å². The highest BCUT2D eigenvalue weighted by molar-refractivity contribution is 5.79. The van der Waals surface area contributed by atoms with E-state index < -0.39 is 0 Å². The second-order valence-electron chi connectivity index (χ2n) is 6.99. The minimum Gasteiger partial charge on any atom is -0.475 e. The van der Waals surface area contributed by atoms with Crippen molar-refractivity contribution in [2.45, 2.75) is 39.3 Å². The lowest BCUT2D eigenvalue weighted by Gasteiger charge is -2.13. The Balaban J connectivity index is 1.79. The molecule has 148 valence electrons. The highest BCUT2D eigenvalue weighted by atomic mass is 16.5. The van der Waals surface area contributed by atoms with Gasteiger partial charge in [0, 0.05) is 38.4 Å². The Hall–Kier alpha value is -2.61. The van der Waals surface area contributed by atoms with Crippen LogP contribution >= 0.6 is 0 Å². The molecule has 2 N–H and O–H groups in total. The highest BCUT2D eigenvalue weighted by Gasteiger charge is 2.19. The van der Waals surface area contributed by atoms with Crippen LogP contribution in [0.4, 0.5) is 0 Å². The van der Waals surface area contributed by atoms with Gasteiger partial charge in [-0.1, -0.05) is 26.8 Å². The Bertz CT molecular complexity index is 720. The van der Waals surface area contributed by atoms with Crippen molar-refractivity contribution in [1.82, 2.24) is 20.6 Å². The fraction of sp³-hybridized carbons (Fsp3) is 0.526. The van der Waals surface area contributed by atoms with E-state index in [1.165, 1.54) is 0 Å². The molecule has 0 atom stereocenters. The molecule has 2 aromatic heterocycles. The van der Waals surface area contributed by atoms with Gasteiger partial charge in [0.1, 0.15) is 12.4 Å². The number of rotatable bonds is 8. The average Bonchev–Trinajstić information content (AvgIpc) is 3.13. The summed E-state index contributed by atoms with van der Waals surface area (Å²) in [4.78, 5) is 12.8. The summed E-state index contributed by atoms with van der Waals surface area (Å²) >= 11 is 0. The van der Waals surface area contributed by atoms with Crippen LogP contribution in [0.5, 0.6) is 5.88 Å². The van der Waals surface area contributed by atoms with E-state index in [9.17, 15) is 0 Å². The smallest absolute Gasteiger partial charge is 0.213 e. The van der Waals surface area contributed by atoms with Gasteiger partial charge in [0.05, 0.1) is 19.3 Å². The van der Waals surface area contributed by atoms with Gasteiger partial charge in [-0.2, -0.15) is 0 Å². The molecule has 8 heteroatoms. The van der Waals surface area contributed by atoms with Gasteiger partial charge in [0.15, 0.2) is 5.96 Å². The van der Waals surface area contributed by atoms with Crippen LogP contribution < -0.4 is 15.4 Å². The summed E-state index contributed by atoms with van der Waals surface area (Å²) in [5.74, 6) is 2.73. The first-order valence-corrected chi connectivity index (χ1v) is 8.88. The van der Waals surface area contributed by atoms with Crippen LogP contribution in [0.3, 0.4) is 0 Å². The van der Waals surface area contributed by atoms with E-state index in [2.05, 4.69) is 46.4 Å². The third-order valence-corrected chi connectivity index (χ3v) is 3.72. The molecule has 2 aromatic rings. The highest BCUT2D eigenvalue weighted by Crippen LogP contribution is 2.22. The van der Waals surface area contributed by atoms with Crippen LogP contribution in [0, 0.1) is 0 Å². The third kappa shape index (κ3) is 6.90. The zero-order valence-corrected chi connectivity index (χ0v) is 16.7. The molecule has 0 unspecified atom stereocenters. The Kier molecular flexibility index (Phi) is 7.60. The lowest BCUT2D eigenvalue weighted by atomic mass is 9.94. The van der Waals surface area contributed by atoms with Gasteiger partial charge in [-0.3, -0.25) is 4.99 Å². The number of pyridine rings is 1. The molecule has 0 bridgehead atoms. The molecule has 0 spiro atoms. The van der Waals surface area contributed by atoms with Crippen LogP contribution in [0.25, 0.3) is 0 Å². The third-order valence-electron chi connectivity index (χ3n) is 3.72. The van der Waals surface area contributed by atoms with E-state index in [1.807, 2.05) is 12.1 Å². The van der Waals surface area contributed by atoms with Gasteiger partial charge >= 0.3 is 0 Å². The molecule has 0 saturated carbocycles. The second kappa shape index (κ2) is 9.91. The lowest BCUT2D eigenvalue weighted by molar-refractivity contribution is 0.143. The van der Waals surface area contributed by atoms with Crippen molar-refractivity contribution in [1.29, 1.82) is 0 Å². The summed E-state index contributed by atoms with van der Waals surface area (Å²) in [6.07, 6.45) is 3.54. The van der Waals surface area contributed by atoms with Gasteiger partial charge in [0.25, 0.3) is 0 Å². The Morgan fingerprint density at radius 1 is 1.11 bits per heavy atom. The molecule has 0 saturated heterocycles. The predicted octanol–water partition coefficient (Wildman–Crippen LogP) is 2.26. The standard InChI is InChI=1S/C19H29N5O3/c1-19(2,3)15-12-22-17(27-15)13-24-18(20-4)23-11-14-6-7-16(21-10-14)26-9-8-25-5/h6-7,10,12H,8-9,11,13H2,1-5H3,(H2,20,23,24). The number of ether oxygens (including phenoxy) is 2. The lowest BCUT2D eigenvalue weighted by Crippen LogP contribution is -2.36. The first-order chi connectivity index (χ1) is 12.9. The number of aliphatic imine (C=N–C) groups is 1. The SMILES string of the molecule is CN=C(NCc1ccc(OCCOC)nc1)NCc1ncc(C(C)(C)C)o1. The minimum atomic E-state index is -0.0579. The topological polar surface area (TPSA) is 93.8 Å². The van der Waals surface area contributed by atoms with Gasteiger partial charge in [-0.25, -0.2) is 9.97 Å². The number of guanidine groups is 1. The maximum atomic E-state index is 5.77. The van der Waals surface area contributed by atoms with Crippen molar-refractivity contribution in [3.63, 3.8) is 0 Å². The van der Waals surface area contributed by atoms with Gasteiger partial charge in [-0.05, 0) is 5.56 Å². The van der Waals surface area contributed by atoms with E-state index in [0.29, 0.717) is 44.0 Å². The minimum absolute atomic E-state index is 0.0579. The van der Waals surface area contributed by atoms with Crippen molar-refractivity contribution in [2.75, 3.05) is 27.4 Å². The number of hydrogen-bond acceptors (Lipinski definition) is 6. The first-order valence-electron chi connectivity index (χ1n) is 8.88. The van der Waals surface area contributed by atoms with Gasteiger partial charge in [-0.15, -0.1) is 0 Å². The molecule has 2 heterocycles. The first kappa shape index (κ1) is 20.7. The Morgan fingerprint density at radius 2 is 1.89 bits per heavy atom. The molecule has 0 aliphatic carbocycles. The summed E-state index contributed by atoms with van der Waals surface area (Å²) < 4.78 is 16.2. The quantitative estimate of drug-likeness (QED) is 0.415. The van der Waals surface area contributed by atoms with E-state index in [-0.39, 0.29) is 5.41 Å². The van der Waals surface area contributed by atoms with Crippen LogP contribution in [-0.4, -0.2) is 43.3 Å². The molecule has 0 aliphatic rings. The second-order valence-corrected chi connectivity index (χ2v) is 6.99. The number of nitrogens with one attached hydrogen (secondary N) is 2. The summed E-state index contributed by atoms with van der Waals surface area (Å²) in [5, 5.41) is 6.42. The Labute approximate surface area is 160 Å². The van der Waals surface area contributed by atoms with E-state index >= 15 is 0 Å². The summed E-state index contributed by atoms with van der Waals surface area (Å²) in [6.45, 7) is 8.34. The molecule has 27 heavy (non-hydrogen) atoms. The number of aromatic nitrogens is 2. The fourth-order valence-corrected chi connectivity index (χ4v) is 2.13. The van der Waals surface area contributed by atoms with Crippen molar-refractivity contribution in [3.05, 3.63) is 41.7 Å². The summed E-state index contributed by atoms with van der Waals surface area (Å²) in [5.41, 5.74) is 0.959. The van der Waals surface area contributed by atoms with Crippen molar-refractivity contribution in [3.8, 4) is 5.88 Å². The van der Waals surface area contributed by atoms with Crippen LogP contribution in [0.1, 0.15) is 38.0 Å². The molecule has 2 rings (SSSR count). The van der Waals surface area contributed by atoms with Gasteiger partial charge in [0.2, 0.25) is 11.8 Å². The molecular formula is C19H29N5O3. The molecule has 0 aromatic carbocycles. The molecule has 0 fully saturated rings. The predicted molar refractivity (Wildman–Crippen MR) is 104 cm³/mol. The fourth-order valence-electron chi connectivity index (χ4n) is 2.13. The summed E-state index contributed by atoms with van der Waals surface area (Å²) in [7, 11) is 3.36. The number of methoxy groups -OCH3 is 1. The number of oxazole rings is 1. The van der Waals surface area contributed by atoms with Crippen molar-refractivity contribution < 1.29 is 13.9 Å². The number of hydrogen-bond donors (Lipinski definition) is 2. The van der Waals surface area contributed by atoms with E-state index in [4.69, 9.17) is 13.9 Å². The van der Waals surface area contributed by atoms with Crippen LogP contribution in [0.2, 0.25) is 0 Å². The average molecular weight is 375 g/mol. The largest absolute Gasteiger partial charge is 0.475 e. The maximum Gasteiger partial charge on any atom is 0.213 e. The monoisotopic (exact) mass is 375 g/mol. The van der Waals surface area contributed by atoms with Crippen molar-refractivity contribution in [2.24, 2.45) is 4.99 Å². The van der Waals surface area contributed by atoms with E-state index in [1.54, 1.807) is 26.6 Å². The summed E-state index contributed by atoms with van der Waals surface area (Å²) in [6, 6.07) is 3.79. The van der Waals surface area contributed by atoms with Gasteiger partial charge < -0.3 is 24.5 Å². The zero-order valence-electron chi connectivity index (χ0n) is 16.7. The molecular weight excluding hydrogens is 346 g/mol. The van der Waals surface area contributed by atoms with Crippen LogP contribution in [-0.2, 0) is 23.2 Å². The Morgan fingerprint density at radius 3 is 2.48 bits per heavy atom. The molecule has 0 aliphatic heterocycles. The van der Waals surface area contributed by atoms with E-state index in [0.717, 1.165) is 11.3 Å². The molecule has 8 nitrogen and oxygen atoms in total. The normalized spacial score (nSPS) is 12.1. The van der Waals surface area contributed by atoms with Crippen LogP contribution in [0.15, 0.2) is 33.9 Å². The zero-order chi connectivity index (χ0) is 19.7. The molecule has 0 amide bonds. The number of nitrogens with zero attached hydrogens (tertiary/aromatic N) is 3. The molecule has 0 radical (unpaired) electrons. The maximum absolute atomic E-state index is 5.77.